The van der Waals surface area contributed by atoms with Crippen LogP contribution in [0.15, 0.2) is 18.2 Å². The number of likely N-dealkylation sites (N-methyl/N-ethyl adjacent to an activating group) is 1. The van der Waals surface area contributed by atoms with Crippen molar-refractivity contribution in [2.24, 2.45) is 0 Å². The summed E-state index contributed by atoms with van der Waals surface area (Å²) < 4.78 is 5.93. The monoisotopic (exact) mass is 263 g/mol. The van der Waals surface area contributed by atoms with Crippen molar-refractivity contribution in [1.29, 1.82) is 0 Å². The second-order valence-electron chi connectivity index (χ2n) is 4.79. The molecule has 0 aliphatic carbocycles. The largest absolute Gasteiger partial charge is 0.480 e. The molecule has 1 aromatic rings. The van der Waals surface area contributed by atoms with Gasteiger partial charge in [0.05, 0.1) is 0 Å². The summed E-state index contributed by atoms with van der Waals surface area (Å²) in [4.78, 5) is 14.2. The van der Waals surface area contributed by atoms with Gasteiger partial charge in [-0.25, -0.2) is 0 Å². The molecule has 0 N–H and O–H groups in total. The average molecular weight is 263 g/mol. The number of hydrogen-bond acceptors (Lipinski definition) is 2. The molecule has 3 heteroatoms. The van der Waals surface area contributed by atoms with Crippen molar-refractivity contribution in [3.05, 3.63) is 29.3 Å². The number of nitrogens with zero attached hydrogens (tertiary/aromatic N) is 1. The minimum absolute atomic E-state index is 0.0772. The maximum absolute atomic E-state index is 12.3. The fourth-order valence-corrected chi connectivity index (χ4v) is 2.03. The van der Waals surface area contributed by atoms with Crippen molar-refractivity contribution < 1.29 is 9.53 Å². The SMILES string of the molecule is CC[C@H](Oc1cc(C)ccc1C)C(=O)N(CC)CC. The Bertz CT molecular complexity index is 425. The molecule has 0 aliphatic heterocycles. The summed E-state index contributed by atoms with van der Waals surface area (Å²) in [5, 5.41) is 0. The Morgan fingerprint density at radius 1 is 1.21 bits per heavy atom. The van der Waals surface area contributed by atoms with Gasteiger partial charge in [-0.1, -0.05) is 19.1 Å². The van der Waals surface area contributed by atoms with Crippen molar-refractivity contribution in [2.75, 3.05) is 13.1 Å². The van der Waals surface area contributed by atoms with Gasteiger partial charge in [0, 0.05) is 13.1 Å². The van der Waals surface area contributed by atoms with Crippen LogP contribution in [0, 0.1) is 13.8 Å². The molecule has 19 heavy (non-hydrogen) atoms. The molecule has 0 aromatic heterocycles. The van der Waals surface area contributed by atoms with Crippen molar-refractivity contribution in [3.8, 4) is 5.75 Å². The molecule has 1 rings (SSSR count). The van der Waals surface area contributed by atoms with E-state index < -0.39 is 0 Å². The van der Waals surface area contributed by atoms with Crippen LogP contribution in [-0.2, 0) is 4.79 Å². The fraction of sp³-hybridized carbons (Fsp3) is 0.562. The highest BCUT2D eigenvalue weighted by Crippen LogP contribution is 2.21. The molecule has 0 saturated heterocycles. The number of rotatable bonds is 6. The van der Waals surface area contributed by atoms with Gasteiger partial charge in [0.15, 0.2) is 6.10 Å². The van der Waals surface area contributed by atoms with E-state index in [1.165, 1.54) is 0 Å². The Labute approximate surface area is 116 Å². The van der Waals surface area contributed by atoms with Gasteiger partial charge in [-0.05, 0) is 51.3 Å². The lowest BCUT2D eigenvalue weighted by Gasteiger charge is -2.25. The minimum atomic E-state index is -0.389. The van der Waals surface area contributed by atoms with Crippen LogP contribution in [0.1, 0.15) is 38.3 Å². The molecule has 1 aromatic carbocycles. The fourth-order valence-electron chi connectivity index (χ4n) is 2.03. The average Bonchev–Trinajstić information content (AvgIpc) is 2.41. The second-order valence-corrected chi connectivity index (χ2v) is 4.79. The van der Waals surface area contributed by atoms with Crippen molar-refractivity contribution >= 4 is 5.91 Å². The first-order valence-electron chi connectivity index (χ1n) is 7.06. The molecule has 0 fully saturated rings. The smallest absolute Gasteiger partial charge is 0.263 e. The van der Waals surface area contributed by atoms with Gasteiger partial charge >= 0.3 is 0 Å². The third-order valence-corrected chi connectivity index (χ3v) is 3.33. The molecule has 106 valence electrons. The highest BCUT2D eigenvalue weighted by atomic mass is 16.5. The minimum Gasteiger partial charge on any atom is -0.480 e. The van der Waals surface area contributed by atoms with Gasteiger partial charge in [0.1, 0.15) is 5.75 Å². The zero-order chi connectivity index (χ0) is 14.4. The quantitative estimate of drug-likeness (QED) is 0.788. The molecule has 0 unspecified atom stereocenters. The number of amides is 1. The lowest BCUT2D eigenvalue weighted by atomic mass is 10.1. The van der Waals surface area contributed by atoms with Crippen LogP contribution in [0.3, 0.4) is 0 Å². The zero-order valence-electron chi connectivity index (χ0n) is 12.7. The summed E-state index contributed by atoms with van der Waals surface area (Å²) in [6.07, 6.45) is 0.295. The first-order valence-corrected chi connectivity index (χ1v) is 7.06. The maximum Gasteiger partial charge on any atom is 0.263 e. The third-order valence-electron chi connectivity index (χ3n) is 3.33. The molecule has 0 spiro atoms. The normalized spacial score (nSPS) is 12.1. The van der Waals surface area contributed by atoms with Gasteiger partial charge in [-0.2, -0.15) is 0 Å². The van der Waals surface area contributed by atoms with E-state index in [9.17, 15) is 4.79 Å². The van der Waals surface area contributed by atoms with Crippen LogP contribution in [0.2, 0.25) is 0 Å². The summed E-state index contributed by atoms with van der Waals surface area (Å²) in [6.45, 7) is 11.4. The lowest BCUT2D eigenvalue weighted by Crippen LogP contribution is -2.41. The van der Waals surface area contributed by atoms with E-state index >= 15 is 0 Å². The van der Waals surface area contributed by atoms with Gasteiger partial charge < -0.3 is 9.64 Å². The molecule has 0 heterocycles. The van der Waals surface area contributed by atoms with Gasteiger partial charge in [-0.3, -0.25) is 4.79 Å². The molecule has 0 saturated carbocycles. The van der Waals surface area contributed by atoms with Crippen LogP contribution < -0.4 is 4.74 Å². The number of benzene rings is 1. The number of aryl methyl sites for hydroxylation is 2. The van der Waals surface area contributed by atoms with Crippen molar-refractivity contribution in [2.45, 2.75) is 47.1 Å². The van der Waals surface area contributed by atoms with E-state index in [2.05, 4.69) is 6.07 Å². The van der Waals surface area contributed by atoms with Gasteiger partial charge in [-0.15, -0.1) is 0 Å². The summed E-state index contributed by atoms with van der Waals surface area (Å²) in [7, 11) is 0. The van der Waals surface area contributed by atoms with Gasteiger partial charge in [0.2, 0.25) is 0 Å². The Hall–Kier alpha value is -1.51. The number of carbonyl (C=O) groups excluding carboxylic acids is 1. The van der Waals surface area contributed by atoms with E-state index in [1.807, 2.05) is 51.7 Å². The third kappa shape index (κ3) is 3.98. The summed E-state index contributed by atoms with van der Waals surface area (Å²) in [6, 6.07) is 6.07. The Kier molecular flexibility index (Phi) is 5.87. The molecule has 1 atom stereocenters. The molecule has 1 amide bonds. The van der Waals surface area contributed by atoms with Crippen molar-refractivity contribution in [3.63, 3.8) is 0 Å². The van der Waals surface area contributed by atoms with Crippen LogP contribution in [0.4, 0.5) is 0 Å². The molecule has 3 nitrogen and oxygen atoms in total. The van der Waals surface area contributed by atoms with Crippen LogP contribution >= 0.6 is 0 Å². The second kappa shape index (κ2) is 7.17. The van der Waals surface area contributed by atoms with E-state index in [-0.39, 0.29) is 12.0 Å². The Morgan fingerprint density at radius 2 is 1.84 bits per heavy atom. The van der Waals surface area contributed by atoms with E-state index in [1.54, 1.807) is 0 Å². The predicted octanol–water partition coefficient (Wildman–Crippen LogP) is 3.33. The lowest BCUT2D eigenvalue weighted by molar-refractivity contribution is -0.138. The van der Waals surface area contributed by atoms with Gasteiger partial charge in [0.25, 0.3) is 5.91 Å². The van der Waals surface area contributed by atoms with E-state index in [0.29, 0.717) is 6.42 Å². The molecule has 0 aliphatic rings. The standard InChI is InChI=1S/C16H25NO2/c1-6-14(16(18)17(7-2)8-3)19-15-11-12(4)9-10-13(15)5/h9-11,14H,6-8H2,1-5H3/t14-/m0/s1. The van der Waals surface area contributed by atoms with Crippen molar-refractivity contribution in [1.82, 2.24) is 4.90 Å². The summed E-state index contributed by atoms with van der Waals surface area (Å²) >= 11 is 0. The highest BCUT2D eigenvalue weighted by Gasteiger charge is 2.23. The molecular formula is C16H25NO2. The van der Waals surface area contributed by atoms with E-state index in [4.69, 9.17) is 4.74 Å². The maximum atomic E-state index is 12.3. The Morgan fingerprint density at radius 3 is 2.37 bits per heavy atom. The first kappa shape index (κ1) is 15.5. The first-order chi connectivity index (χ1) is 9.03. The van der Waals surface area contributed by atoms with Crippen LogP contribution in [-0.4, -0.2) is 30.0 Å². The zero-order valence-corrected chi connectivity index (χ0v) is 12.7. The highest BCUT2D eigenvalue weighted by molar-refractivity contribution is 5.81. The Balaban J connectivity index is 2.87. The summed E-state index contributed by atoms with van der Waals surface area (Å²) in [5.74, 6) is 0.890. The molecule has 0 radical (unpaired) electrons. The van der Waals surface area contributed by atoms with Crippen LogP contribution in [0.5, 0.6) is 5.75 Å². The number of hydrogen-bond donors (Lipinski definition) is 0. The summed E-state index contributed by atoms with van der Waals surface area (Å²) in [5.41, 5.74) is 2.21. The molecule has 0 bridgehead atoms. The molecular weight excluding hydrogens is 238 g/mol. The number of carbonyl (C=O) groups is 1. The number of ether oxygens (including phenoxy) is 1. The topological polar surface area (TPSA) is 29.5 Å². The van der Waals surface area contributed by atoms with E-state index in [0.717, 1.165) is 30.0 Å². The van der Waals surface area contributed by atoms with Crippen LogP contribution in [0.25, 0.3) is 0 Å². The predicted molar refractivity (Wildman–Crippen MR) is 78.6 cm³/mol.